The van der Waals surface area contributed by atoms with E-state index in [1.54, 1.807) is 0 Å². The van der Waals surface area contributed by atoms with Gasteiger partial charge in [-0.1, -0.05) is 0 Å². The molecule has 0 aliphatic carbocycles. The van der Waals surface area contributed by atoms with Gasteiger partial charge in [-0.3, -0.25) is 0 Å². The van der Waals surface area contributed by atoms with Crippen LogP contribution in [0.25, 0.3) is 11.4 Å². The highest BCUT2D eigenvalue weighted by molar-refractivity contribution is 5.54. The highest BCUT2D eigenvalue weighted by Crippen LogP contribution is 2.15. The van der Waals surface area contributed by atoms with Crippen LogP contribution in [-0.4, -0.2) is 15.0 Å². The van der Waals surface area contributed by atoms with Crippen molar-refractivity contribution >= 4 is 0 Å². The van der Waals surface area contributed by atoms with E-state index in [2.05, 4.69) is 21.0 Å². The van der Waals surface area contributed by atoms with Crippen molar-refractivity contribution in [1.82, 2.24) is 15.0 Å². The molecule has 16 heavy (non-hydrogen) atoms. The summed E-state index contributed by atoms with van der Waals surface area (Å²) >= 11 is 0. The lowest BCUT2D eigenvalue weighted by atomic mass is 10.2. The van der Waals surface area contributed by atoms with Crippen molar-refractivity contribution in [3.63, 3.8) is 0 Å². The summed E-state index contributed by atoms with van der Waals surface area (Å²) in [5.41, 5.74) is 2.78. The topological polar surface area (TPSA) is 65.4 Å². The van der Waals surface area contributed by atoms with Crippen LogP contribution < -0.4 is 0 Å². The van der Waals surface area contributed by atoms with Gasteiger partial charge in [0.15, 0.2) is 0 Å². The van der Waals surface area contributed by atoms with Crippen LogP contribution in [0.5, 0.6) is 0 Å². The van der Waals surface area contributed by atoms with Crippen LogP contribution in [0.4, 0.5) is 0 Å². The van der Waals surface area contributed by atoms with Gasteiger partial charge in [-0.05, 0) is 25.1 Å². The molecule has 0 fully saturated rings. The van der Waals surface area contributed by atoms with E-state index >= 15 is 0 Å². The van der Waals surface area contributed by atoms with Crippen molar-refractivity contribution in [3.05, 3.63) is 35.9 Å². The third kappa shape index (κ3) is 2.26. The average Bonchev–Trinajstić information content (AvgIpc) is 2.79. The number of aromatic nitrogens is 3. The van der Waals surface area contributed by atoms with Gasteiger partial charge in [0.2, 0.25) is 0 Å². The van der Waals surface area contributed by atoms with Gasteiger partial charge in [0.05, 0.1) is 17.5 Å². The van der Waals surface area contributed by atoms with E-state index in [1.165, 1.54) is 0 Å². The van der Waals surface area contributed by atoms with Crippen LogP contribution in [0.15, 0.2) is 24.4 Å². The lowest BCUT2D eigenvalue weighted by Gasteiger charge is -2.03. The van der Waals surface area contributed by atoms with E-state index in [1.807, 2.05) is 31.3 Å². The van der Waals surface area contributed by atoms with Crippen molar-refractivity contribution in [2.24, 2.45) is 0 Å². The first-order valence-corrected chi connectivity index (χ1v) is 5.15. The quantitative estimate of drug-likeness (QED) is 0.848. The molecule has 0 atom stereocenters. The molecule has 2 heterocycles. The molecule has 0 amide bonds. The number of nitriles is 1. The summed E-state index contributed by atoms with van der Waals surface area (Å²) in [7, 11) is 0. The van der Waals surface area contributed by atoms with E-state index in [4.69, 9.17) is 5.26 Å². The molecule has 0 aromatic carbocycles. The number of nitrogens with zero attached hydrogens (tertiary/aromatic N) is 3. The van der Waals surface area contributed by atoms with E-state index in [0.29, 0.717) is 12.8 Å². The van der Waals surface area contributed by atoms with Crippen molar-refractivity contribution in [3.8, 4) is 17.5 Å². The minimum absolute atomic E-state index is 0.452. The number of aromatic amines is 1. The monoisotopic (exact) mass is 212 g/mol. The molecule has 0 radical (unpaired) electrons. The van der Waals surface area contributed by atoms with Crippen molar-refractivity contribution in [2.45, 2.75) is 19.8 Å². The standard InChI is InChI=1S/C12H12N4/c1-9-8-11(10-4-3-7-14-10)16-12(15-9)5-2-6-13/h3-4,7-8,14H,2,5H2,1H3. The van der Waals surface area contributed by atoms with Gasteiger partial charge in [0.25, 0.3) is 0 Å². The Labute approximate surface area is 94.0 Å². The lowest BCUT2D eigenvalue weighted by Crippen LogP contribution is -1.99. The predicted molar refractivity (Wildman–Crippen MR) is 60.5 cm³/mol. The maximum atomic E-state index is 8.54. The number of hydrogen-bond donors (Lipinski definition) is 1. The maximum Gasteiger partial charge on any atom is 0.130 e. The molecule has 2 aromatic heterocycles. The van der Waals surface area contributed by atoms with E-state index in [0.717, 1.165) is 22.9 Å². The van der Waals surface area contributed by atoms with Crippen molar-refractivity contribution < 1.29 is 0 Å². The van der Waals surface area contributed by atoms with E-state index in [-0.39, 0.29) is 0 Å². The molecule has 2 aromatic rings. The molecule has 1 N–H and O–H groups in total. The first-order valence-electron chi connectivity index (χ1n) is 5.15. The van der Waals surface area contributed by atoms with Crippen LogP contribution in [0.1, 0.15) is 17.9 Å². The van der Waals surface area contributed by atoms with E-state index in [9.17, 15) is 0 Å². The number of rotatable bonds is 3. The fraction of sp³-hybridized carbons (Fsp3) is 0.250. The Hall–Kier alpha value is -2.15. The Morgan fingerprint density at radius 1 is 1.44 bits per heavy atom. The Kier molecular flexibility index (Phi) is 2.97. The molecular formula is C12H12N4. The van der Waals surface area contributed by atoms with Crippen LogP contribution >= 0.6 is 0 Å². The Morgan fingerprint density at radius 2 is 2.31 bits per heavy atom. The molecule has 0 bridgehead atoms. The minimum atomic E-state index is 0.452. The maximum absolute atomic E-state index is 8.54. The van der Waals surface area contributed by atoms with Crippen molar-refractivity contribution in [1.29, 1.82) is 5.26 Å². The number of H-pyrrole nitrogens is 1. The molecule has 4 heteroatoms. The van der Waals surface area contributed by atoms with Gasteiger partial charge in [-0.2, -0.15) is 5.26 Å². The second-order valence-electron chi connectivity index (χ2n) is 3.55. The molecule has 0 aliphatic heterocycles. The summed E-state index contributed by atoms with van der Waals surface area (Å²) in [6, 6.07) is 7.93. The van der Waals surface area contributed by atoms with Crippen molar-refractivity contribution in [2.75, 3.05) is 0 Å². The summed E-state index contributed by atoms with van der Waals surface area (Å²) in [6.45, 7) is 1.93. The molecule has 0 saturated carbocycles. The molecule has 4 nitrogen and oxygen atoms in total. The lowest BCUT2D eigenvalue weighted by molar-refractivity contribution is 0.872. The summed E-state index contributed by atoms with van der Waals surface area (Å²) < 4.78 is 0. The van der Waals surface area contributed by atoms with Gasteiger partial charge >= 0.3 is 0 Å². The first-order chi connectivity index (χ1) is 7.79. The highest BCUT2D eigenvalue weighted by Gasteiger charge is 2.04. The molecular weight excluding hydrogens is 200 g/mol. The molecule has 0 spiro atoms. The SMILES string of the molecule is Cc1cc(-c2ccc[nH]2)nc(CCC#N)n1. The van der Waals surface area contributed by atoms with Crippen LogP contribution in [0.3, 0.4) is 0 Å². The molecule has 0 aliphatic rings. The Morgan fingerprint density at radius 3 is 3.00 bits per heavy atom. The average molecular weight is 212 g/mol. The zero-order chi connectivity index (χ0) is 11.4. The van der Waals surface area contributed by atoms with Crippen LogP contribution in [0.2, 0.25) is 0 Å². The van der Waals surface area contributed by atoms with E-state index < -0.39 is 0 Å². The third-order valence-electron chi connectivity index (χ3n) is 2.23. The zero-order valence-electron chi connectivity index (χ0n) is 9.07. The fourth-order valence-corrected chi connectivity index (χ4v) is 1.54. The third-order valence-corrected chi connectivity index (χ3v) is 2.23. The summed E-state index contributed by atoms with van der Waals surface area (Å²) in [6.07, 6.45) is 2.92. The number of aryl methyl sites for hydroxylation is 2. The normalized spacial score (nSPS) is 10.0. The second kappa shape index (κ2) is 4.58. The number of nitrogens with one attached hydrogen (secondary N) is 1. The molecule has 2 rings (SSSR count). The summed E-state index contributed by atoms with van der Waals surface area (Å²) in [5, 5.41) is 8.54. The Balaban J connectivity index is 2.33. The highest BCUT2D eigenvalue weighted by atomic mass is 14.9. The summed E-state index contributed by atoms with van der Waals surface area (Å²) in [4.78, 5) is 11.8. The van der Waals surface area contributed by atoms with Gasteiger partial charge in [0.1, 0.15) is 5.82 Å². The van der Waals surface area contributed by atoms with Gasteiger partial charge in [-0.25, -0.2) is 9.97 Å². The Bertz CT molecular complexity index is 508. The molecule has 0 unspecified atom stereocenters. The second-order valence-corrected chi connectivity index (χ2v) is 3.55. The predicted octanol–water partition coefficient (Wildman–Crippen LogP) is 2.24. The van der Waals surface area contributed by atoms with Gasteiger partial charge in [-0.15, -0.1) is 0 Å². The zero-order valence-corrected chi connectivity index (χ0v) is 9.07. The van der Waals surface area contributed by atoms with Gasteiger partial charge < -0.3 is 4.98 Å². The van der Waals surface area contributed by atoms with Crippen LogP contribution in [0, 0.1) is 18.3 Å². The largest absolute Gasteiger partial charge is 0.360 e. The van der Waals surface area contributed by atoms with Crippen LogP contribution in [-0.2, 0) is 6.42 Å². The fourth-order valence-electron chi connectivity index (χ4n) is 1.54. The first kappa shape index (κ1) is 10.4. The molecule has 0 saturated heterocycles. The minimum Gasteiger partial charge on any atom is -0.360 e. The van der Waals surface area contributed by atoms with Gasteiger partial charge in [0, 0.05) is 24.7 Å². The molecule has 80 valence electrons. The number of hydrogen-bond acceptors (Lipinski definition) is 3. The smallest absolute Gasteiger partial charge is 0.130 e. The summed E-state index contributed by atoms with van der Waals surface area (Å²) in [5.74, 6) is 0.728.